The van der Waals surface area contributed by atoms with E-state index in [-0.39, 0.29) is 11.7 Å². The maximum atomic E-state index is 11.8. The van der Waals surface area contributed by atoms with Crippen molar-refractivity contribution in [1.82, 2.24) is 0 Å². The number of aromatic nitrogens is 1. The average Bonchev–Trinajstić information content (AvgIpc) is 2.36. The topological polar surface area (TPSA) is 56.0 Å². The van der Waals surface area contributed by atoms with Crippen molar-refractivity contribution in [1.29, 1.82) is 0 Å². The standard InChI is InChI=1S/C13H10Cl2N2O2S/c14-9-5-10(15)7-11(6-9)16-12(18)8-20-13-3-1-2-4-17(13)19/h1-7H,8H2,(H,16,18). The van der Waals surface area contributed by atoms with Gasteiger partial charge in [-0.1, -0.05) is 23.2 Å². The molecule has 20 heavy (non-hydrogen) atoms. The Hall–Kier alpha value is -1.43. The van der Waals surface area contributed by atoms with Gasteiger partial charge in [-0.05, 0) is 36.0 Å². The number of rotatable bonds is 4. The summed E-state index contributed by atoms with van der Waals surface area (Å²) >= 11 is 12.8. The first kappa shape index (κ1) is 15.0. The van der Waals surface area contributed by atoms with Gasteiger partial charge in [0.05, 0.1) is 5.75 Å². The van der Waals surface area contributed by atoms with E-state index in [1.54, 1.807) is 36.4 Å². The molecule has 0 saturated carbocycles. The fourth-order valence-corrected chi connectivity index (χ4v) is 2.73. The fourth-order valence-electron chi connectivity index (χ4n) is 1.49. The summed E-state index contributed by atoms with van der Waals surface area (Å²) in [6.45, 7) is 0. The van der Waals surface area contributed by atoms with E-state index < -0.39 is 0 Å². The molecule has 0 aliphatic heterocycles. The number of nitrogens with one attached hydrogen (secondary N) is 1. The summed E-state index contributed by atoms with van der Waals surface area (Å²) in [5.74, 6) is -0.117. The first-order chi connectivity index (χ1) is 9.54. The zero-order valence-corrected chi connectivity index (χ0v) is 12.5. The van der Waals surface area contributed by atoms with E-state index in [4.69, 9.17) is 23.2 Å². The molecular formula is C13H10Cl2N2O2S. The van der Waals surface area contributed by atoms with Gasteiger partial charge < -0.3 is 10.5 Å². The Morgan fingerprint density at radius 1 is 1.25 bits per heavy atom. The lowest BCUT2D eigenvalue weighted by molar-refractivity contribution is -0.645. The van der Waals surface area contributed by atoms with Crippen molar-refractivity contribution in [2.75, 3.05) is 11.1 Å². The van der Waals surface area contributed by atoms with Crippen molar-refractivity contribution in [2.45, 2.75) is 5.03 Å². The highest BCUT2D eigenvalue weighted by atomic mass is 35.5. The van der Waals surface area contributed by atoms with Gasteiger partial charge in [0.15, 0.2) is 6.20 Å². The van der Waals surface area contributed by atoms with E-state index in [9.17, 15) is 10.0 Å². The predicted molar refractivity (Wildman–Crippen MR) is 81.2 cm³/mol. The first-order valence-corrected chi connectivity index (χ1v) is 7.36. The zero-order chi connectivity index (χ0) is 14.5. The van der Waals surface area contributed by atoms with Gasteiger partial charge >= 0.3 is 0 Å². The Bertz CT molecular complexity index is 617. The van der Waals surface area contributed by atoms with Crippen molar-refractivity contribution in [2.24, 2.45) is 0 Å². The number of hydrogen-bond donors (Lipinski definition) is 1. The number of carbonyl (C=O) groups is 1. The second-order valence-electron chi connectivity index (χ2n) is 3.86. The number of anilines is 1. The van der Waals surface area contributed by atoms with Crippen LogP contribution >= 0.6 is 35.0 Å². The van der Waals surface area contributed by atoms with E-state index >= 15 is 0 Å². The van der Waals surface area contributed by atoms with Crippen LogP contribution in [0.3, 0.4) is 0 Å². The van der Waals surface area contributed by atoms with Gasteiger partial charge in [0.1, 0.15) is 0 Å². The molecule has 2 aromatic rings. The van der Waals surface area contributed by atoms with E-state index in [1.807, 2.05) is 0 Å². The molecule has 1 aromatic heterocycles. The van der Waals surface area contributed by atoms with Crippen molar-refractivity contribution < 1.29 is 9.52 Å². The molecule has 0 saturated heterocycles. The van der Waals surface area contributed by atoms with Crippen LogP contribution in [0.15, 0.2) is 47.6 Å². The van der Waals surface area contributed by atoms with E-state index in [1.165, 1.54) is 6.20 Å². The molecule has 7 heteroatoms. The molecule has 0 spiro atoms. The smallest absolute Gasteiger partial charge is 0.251 e. The SMILES string of the molecule is O=C(CSc1cccc[n+]1[O-])Nc1cc(Cl)cc(Cl)c1. The second-order valence-corrected chi connectivity index (χ2v) is 5.73. The Morgan fingerprint density at radius 3 is 2.60 bits per heavy atom. The van der Waals surface area contributed by atoms with Crippen LogP contribution in [0, 0.1) is 5.21 Å². The van der Waals surface area contributed by atoms with Gasteiger partial charge in [0.2, 0.25) is 5.91 Å². The molecule has 0 fully saturated rings. The third kappa shape index (κ3) is 4.30. The number of carbonyl (C=O) groups excluding carboxylic acids is 1. The van der Waals surface area contributed by atoms with Gasteiger partial charge in [-0.25, -0.2) is 0 Å². The molecule has 1 aromatic carbocycles. The summed E-state index contributed by atoms with van der Waals surface area (Å²) < 4.78 is 0.716. The number of benzene rings is 1. The second kappa shape index (κ2) is 6.83. The quantitative estimate of drug-likeness (QED) is 0.532. The molecule has 1 heterocycles. The van der Waals surface area contributed by atoms with Crippen LogP contribution < -0.4 is 10.0 Å². The highest BCUT2D eigenvalue weighted by Crippen LogP contribution is 2.22. The maximum absolute atomic E-state index is 11.8. The predicted octanol–water partition coefficient (Wildman–Crippen LogP) is 3.36. The normalized spacial score (nSPS) is 10.3. The van der Waals surface area contributed by atoms with E-state index in [2.05, 4.69) is 5.32 Å². The summed E-state index contributed by atoms with van der Waals surface area (Å²) in [4.78, 5) is 11.8. The Balaban J connectivity index is 1.94. The average molecular weight is 329 g/mol. The van der Waals surface area contributed by atoms with Crippen molar-refractivity contribution >= 4 is 46.6 Å². The monoisotopic (exact) mass is 328 g/mol. The number of amides is 1. The van der Waals surface area contributed by atoms with Crippen LogP contribution in [0.1, 0.15) is 0 Å². The van der Waals surface area contributed by atoms with Gasteiger partial charge in [-0.2, -0.15) is 4.73 Å². The largest absolute Gasteiger partial charge is 0.618 e. The zero-order valence-electron chi connectivity index (χ0n) is 10.2. The van der Waals surface area contributed by atoms with Crippen LogP contribution in [-0.2, 0) is 4.79 Å². The van der Waals surface area contributed by atoms with E-state index in [0.717, 1.165) is 11.8 Å². The molecule has 0 unspecified atom stereocenters. The molecule has 0 atom stereocenters. The summed E-state index contributed by atoms with van der Waals surface area (Å²) in [7, 11) is 0. The van der Waals surface area contributed by atoms with Gasteiger partial charge in [-0.15, -0.1) is 0 Å². The van der Waals surface area contributed by atoms with Gasteiger partial charge in [0, 0.05) is 27.9 Å². The third-order valence-electron chi connectivity index (χ3n) is 2.29. The van der Waals surface area contributed by atoms with Crippen molar-refractivity contribution in [3.8, 4) is 0 Å². The highest BCUT2D eigenvalue weighted by molar-refractivity contribution is 7.99. The molecule has 0 aliphatic rings. The lowest BCUT2D eigenvalue weighted by atomic mass is 10.3. The molecule has 2 rings (SSSR count). The summed E-state index contributed by atoms with van der Waals surface area (Å²) in [5, 5.41) is 15.4. The molecule has 104 valence electrons. The van der Waals surface area contributed by atoms with Gasteiger partial charge in [0.25, 0.3) is 5.03 Å². The molecule has 0 radical (unpaired) electrons. The van der Waals surface area contributed by atoms with Crippen molar-refractivity contribution in [3.63, 3.8) is 0 Å². The number of halogens is 2. The van der Waals surface area contributed by atoms with Gasteiger partial charge in [-0.3, -0.25) is 4.79 Å². The molecule has 0 bridgehead atoms. The Morgan fingerprint density at radius 2 is 1.95 bits per heavy atom. The number of nitrogens with zero attached hydrogens (tertiary/aromatic N) is 1. The Labute approximate surface area is 130 Å². The van der Waals surface area contributed by atoms with Crippen LogP contribution in [0.5, 0.6) is 0 Å². The maximum Gasteiger partial charge on any atom is 0.251 e. The van der Waals surface area contributed by atoms with Crippen molar-refractivity contribution in [3.05, 3.63) is 57.8 Å². The van der Waals surface area contributed by atoms with E-state index in [0.29, 0.717) is 25.5 Å². The lowest BCUT2D eigenvalue weighted by Crippen LogP contribution is -2.28. The molecule has 1 N–H and O–H groups in total. The third-order valence-corrected chi connectivity index (χ3v) is 3.74. The minimum Gasteiger partial charge on any atom is -0.618 e. The summed E-state index contributed by atoms with van der Waals surface area (Å²) in [6.07, 6.45) is 1.39. The summed E-state index contributed by atoms with van der Waals surface area (Å²) in [5.41, 5.74) is 0.524. The summed E-state index contributed by atoms with van der Waals surface area (Å²) in [6, 6.07) is 9.81. The van der Waals surface area contributed by atoms with Crippen LogP contribution in [0.25, 0.3) is 0 Å². The minimum atomic E-state index is -0.239. The first-order valence-electron chi connectivity index (χ1n) is 5.61. The number of thioether (sulfide) groups is 1. The number of pyridine rings is 1. The van der Waals surface area contributed by atoms with Crippen LogP contribution in [0.4, 0.5) is 5.69 Å². The highest BCUT2D eigenvalue weighted by Gasteiger charge is 2.09. The lowest BCUT2D eigenvalue weighted by Gasteiger charge is -2.06. The van der Waals surface area contributed by atoms with Crippen LogP contribution in [-0.4, -0.2) is 11.7 Å². The Kier molecular flexibility index (Phi) is 5.11. The molecule has 0 aliphatic carbocycles. The molecule has 4 nitrogen and oxygen atoms in total. The molecular weight excluding hydrogens is 319 g/mol. The molecule has 1 amide bonds. The fraction of sp³-hybridized carbons (Fsp3) is 0.0769. The minimum absolute atomic E-state index is 0.121. The number of hydrogen-bond acceptors (Lipinski definition) is 3. The van der Waals surface area contributed by atoms with Crippen LogP contribution in [0.2, 0.25) is 10.0 Å².